The second-order valence-electron chi connectivity index (χ2n) is 6.19. The Labute approximate surface area is 158 Å². The molecular formula is C20H25NO4S. The van der Waals surface area contributed by atoms with Crippen LogP contribution in [0.15, 0.2) is 24.3 Å². The van der Waals surface area contributed by atoms with E-state index < -0.39 is 0 Å². The summed E-state index contributed by atoms with van der Waals surface area (Å²) in [5.74, 6) is 1.14. The van der Waals surface area contributed by atoms with Crippen LogP contribution in [0.25, 0.3) is 0 Å². The molecule has 1 N–H and O–H groups in total. The van der Waals surface area contributed by atoms with Gasteiger partial charge < -0.3 is 14.8 Å². The van der Waals surface area contributed by atoms with E-state index in [1.54, 1.807) is 14.2 Å². The number of hydrogen-bond donors (Lipinski definition) is 1. The van der Waals surface area contributed by atoms with Gasteiger partial charge in [-0.25, -0.2) is 0 Å². The molecule has 0 bridgehead atoms. The molecule has 0 radical (unpaired) electrons. The molecule has 26 heavy (non-hydrogen) atoms. The van der Waals surface area contributed by atoms with E-state index >= 15 is 0 Å². The SMILES string of the molecule is COc1cc(C)c(C(C)NC(=O)CCC(=O)c2ccc(C)s2)cc1OC. The molecule has 1 atom stereocenters. The Balaban J connectivity index is 1.97. The first-order chi connectivity index (χ1) is 12.3. The average Bonchev–Trinajstić information content (AvgIpc) is 3.05. The fraction of sp³-hybridized carbons (Fsp3) is 0.400. The van der Waals surface area contributed by atoms with Crippen LogP contribution in [0.5, 0.6) is 11.5 Å². The highest BCUT2D eigenvalue weighted by atomic mass is 32.1. The second-order valence-corrected chi connectivity index (χ2v) is 7.47. The fourth-order valence-corrected chi connectivity index (χ4v) is 3.62. The Hall–Kier alpha value is -2.34. The minimum absolute atomic E-state index is 0.00759. The van der Waals surface area contributed by atoms with Gasteiger partial charge in [0.05, 0.1) is 25.1 Å². The number of nitrogens with one attached hydrogen (secondary N) is 1. The lowest BCUT2D eigenvalue weighted by molar-refractivity contribution is -0.121. The average molecular weight is 375 g/mol. The van der Waals surface area contributed by atoms with Gasteiger partial charge >= 0.3 is 0 Å². The minimum atomic E-state index is -0.193. The molecule has 2 rings (SSSR count). The lowest BCUT2D eigenvalue weighted by Gasteiger charge is -2.19. The number of methoxy groups -OCH3 is 2. The van der Waals surface area contributed by atoms with Gasteiger partial charge in [0, 0.05) is 17.7 Å². The third-order valence-corrected chi connectivity index (χ3v) is 5.25. The molecule has 0 saturated carbocycles. The molecule has 1 heterocycles. The molecular weight excluding hydrogens is 350 g/mol. The molecule has 0 fully saturated rings. The molecule has 0 spiro atoms. The summed E-state index contributed by atoms with van der Waals surface area (Å²) in [6.45, 7) is 5.83. The standard InChI is InChI=1S/C20H25NO4S/c1-12-10-17(24-4)18(25-5)11-15(12)14(3)21-20(23)9-7-16(22)19-8-6-13(2)26-19/h6,8,10-11,14H,7,9H2,1-5H3,(H,21,23). The number of ketones is 1. The highest BCUT2D eigenvalue weighted by Crippen LogP contribution is 2.32. The van der Waals surface area contributed by atoms with Crippen molar-refractivity contribution < 1.29 is 19.1 Å². The summed E-state index contributed by atoms with van der Waals surface area (Å²) in [4.78, 5) is 26.2. The first-order valence-corrected chi connectivity index (χ1v) is 9.28. The molecule has 2 aromatic rings. The Morgan fingerprint density at radius 2 is 1.73 bits per heavy atom. The lowest BCUT2D eigenvalue weighted by Crippen LogP contribution is -2.27. The Kier molecular flexibility index (Phi) is 6.80. The van der Waals surface area contributed by atoms with Gasteiger partial charge in [-0.1, -0.05) is 0 Å². The van der Waals surface area contributed by atoms with Crippen molar-refractivity contribution >= 4 is 23.0 Å². The number of Topliss-reactive ketones (excluding diaryl/α,β-unsaturated/α-hetero) is 1. The van der Waals surface area contributed by atoms with Crippen LogP contribution in [0.1, 0.15) is 51.5 Å². The van der Waals surface area contributed by atoms with Gasteiger partial charge in [-0.3, -0.25) is 9.59 Å². The van der Waals surface area contributed by atoms with Crippen LogP contribution in [0.3, 0.4) is 0 Å². The molecule has 0 saturated heterocycles. The molecule has 1 amide bonds. The van der Waals surface area contributed by atoms with E-state index in [0.717, 1.165) is 16.0 Å². The zero-order chi connectivity index (χ0) is 19.3. The number of carbonyl (C=O) groups is 2. The zero-order valence-electron chi connectivity index (χ0n) is 15.8. The van der Waals surface area contributed by atoms with Crippen LogP contribution >= 0.6 is 11.3 Å². The molecule has 6 heteroatoms. The number of ether oxygens (including phenoxy) is 2. The maximum absolute atomic E-state index is 12.2. The summed E-state index contributed by atoms with van der Waals surface area (Å²) in [6, 6.07) is 7.30. The largest absolute Gasteiger partial charge is 0.493 e. The van der Waals surface area contributed by atoms with Crippen molar-refractivity contribution in [1.29, 1.82) is 0 Å². The van der Waals surface area contributed by atoms with Crippen molar-refractivity contribution in [2.45, 2.75) is 39.7 Å². The van der Waals surface area contributed by atoms with Gasteiger partial charge in [-0.2, -0.15) is 0 Å². The molecule has 140 valence electrons. The zero-order valence-corrected chi connectivity index (χ0v) is 16.7. The molecule has 0 aliphatic heterocycles. The van der Waals surface area contributed by atoms with E-state index in [1.807, 2.05) is 45.0 Å². The number of amides is 1. The van der Waals surface area contributed by atoms with E-state index in [2.05, 4.69) is 5.32 Å². The Bertz CT molecular complexity index is 797. The smallest absolute Gasteiger partial charge is 0.220 e. The predicted octanol–water partition coefficient (Wildman–Crippen LogP) is 4.22. The predicted molar refractivity (Wildman–Crippen MR) is 103 cm³/mol. The Morgan fingerprint density at radius 1 is 1.08 bits per heavy atom. The molecule has 5 nitrogen and oxygen atoms in total. The number of hydrogen-bond acceptors (Lipinski definition) is 5. The first kappa shape index (κ1) is 20.0. The summed E-state index contributed by atoms with van der Waals surface area (Å²) in [5.41, 5.74) is 1.96. The summed E-state index contributed by atoms with van der Waals surface area (Å²) >= 11 is 1.46. The molecule has 0 aliphatic rings. The minimum Gasteiger partial charge on any atom is -0.493 e. The molecule has 1 unspecified atom stereocenters. The van der Waals surface area contributed by atoms with Gasteiger partial charge in [0.15, 0.2) is 17.3 Å². The van der Waals surface area contributed by atoms with Crippen LogP contribution in [0.4, 0.5) is 0 Å². The van der Waals surface area contributed by atoms with Crippen molar-refractivity contribution in [3.8, 4) is 11.5 Å². The number of thiophene rings is 1. The molecule has 1 aromatic carbocycles. The summed E-state index contributed by atoms with van der Waals surface area (Å²) in [6.07, 6.45) is 0.385. The summed E-state index contributed by atoms with van der Waals surface area (Å²) in [5, 5.41) is 2.95. The molecule has 1 aromatic heterocycles. The summed E-state index contributed by atoms with van der Waals surface area (Å²) < 4.78 is 10.6. The third-order valence-electron chi connectivity index (χ3n) is 4.21. The van der Waals surface area contributed by atoms with Crippen LogP contribution in [-0.2, 0) is 4.79 Å². The highest BCUT2D eigenvalue weighted by Gasteiger charge is 2.17. The maximum Gasteiger partial charge on any atom is 0.220 e. The van der Waals surface area contributed by atoms with Crippen LogP contribution in [0.2, 0.25) is 0 Å². The van der Waals surface area contributed by atoms with Gasteiger partial charge in [-0.05, 0) is 56.2 Å². The van der Waals surface area contributed by atoms with Gasteiger partial charge in [0.1, 0.15) is 0 Å². The monoisotopic (exact) mass is 375 g/mol. The van der Waals surface area contributed by atoms with E-state index in [9.17, 15) is 9.59 Å². The van der Waals surface area contributed by atoms with Crippen LogP contribution in [0, 0.1) is 13.8 Å². The van der Waals surface area contributed by atoms with Crippen molar-refractivity contribution in [3.63, 3.8) is 0 Å². The lowest BCUT2D eigenvalue weighted by atomic mass is 10.0. The number of carbonyl (C=O) groups excluding carboxylic acids is 2. The third kappa shape index (κ3) is 4.85. The molecule has 0 aliphatic carbocycles. The highest BCUT2D eigenvalue weighted by molar-refractivity contribution is 7.14. The van der Waals surface area contributed by atoms with E-state index in [0.29, 0.717) is 16.4 Å². The second kappa shape index (κ2) is 8.85. The normalized spacial score (nSPS) is 11.7. The van der Waals surface area contributed by atoms with Gasteiger partial charge in [-0.15, -0.1) is 11.3 Å². The van der Waals surface area contributed by atoms with E-state index in [1.165, 1.54) is 11.3 Å². The van der Waals surface area contributed by atoms with E-state index in [4.69, 9.17) is 9.47 Å². The Morgan fingerprint density at radius 3 is 2.31 bits per heavy atom. The van der Waals surface area contributed by atoms with Crippen LogP contribution in [-0.4, -0.2) is 25.9 Å². The number of benzene rings is 1. The number of rotatable bonds is 8. The summed E-state index contributed by atoms with van der Waals surface area (Å²) in [7, 11) is 3.17. The van der Waals surface area contributed by atoms with Crippen molar-refractivity contribution in [3.05, 3.63) is 45.1 Å². The first-order valence-electron chi connectivity index (χ1n) is 8.47. The van der Waals surface area contributed by atoms with Crippen molar-refractivity contribution in [2.24, 2.45) is 0 Å². The van der Waals surface area contributed by atoms with Crippen LogP contribution < -0.4 is 14.8 Å². The maximum atomic E-state index is 12.2. The van der Waals surface area contributed by atoms with Gasteiger partial charge in [0.25, 0.3) is 0 Å². The fourth-order valence-electron chi connectivity index (χ4n) is 2.79. The topological polar surface area (TPSA) is 64.6 Å². The van der Waals surface area contributed by atoms with Crippen molar-refractivity contribution in [1.82, 2.24) is 5.32 Å². The van der Waals surface area contributed by atoms with Crippen molar-refractivity contribution in [2.75, 3.05) is 14.2 Å². The van der Waals surface area contributed by atoms with E-state index in [-0.39, 0.29) is 30.6 Å². The number of aryl methyl sites for hydroxylation is 2. The van der Waals surface area contributed by atoms with Gasteiger partial charge in [0.2, 0.25) is 5.91 Å². The quantitative estimate of drug-likeness (QED) is 0.702.